The molecule has 0 fully saturated rings. The van der Waals surface area contributed by atoms with Crippen molar-refractivity contribution in [2.45, 2.75) is 66.0 Å². The average Bonchev–Trinajstić information content (AvgIpc) is 2.67. The lowest BCUT2D eigenvalue weighted by molar-refractivity contribution is 0.282. The lowest BCUT2D eigenvalue weighted by Crippen LogP contribution is -2.31. The van der Waals surface area contributed by atoms with E-state index in [1.54, 1.807) is 0 Å². The summed E-state index contributed by atoms with van der Waals surface area (Å²) in [5.41, 5.74) is 7.86. The van der Waals surface area contributed by atoms with Gasteiger partial charge < -0.3 is 10.6 Å². The van der Waals surface area contributed by atoms with Crippen molar-refractivity contribution in [1.82, 2.24) is 4.98 Å². The summed E-state index contributed by atoms with van der Waals surface area (Å²) in [4.78, 5) is 8.62. The molecule has 0 bridgehead atoms. The molecule has 0 spiro atoms. The van der Waals surface area contributed by atoms with Crippen LogP contribution >= 0.6 is 11.3 Å². The second-order valence-electron chi connectivity index (χ2n) is 6.75. The van der Waals surface area contributed by atoms with Gasteiger partial charge in [0.2, 0.25) is 0 Å². The third-order valence-electron chi connectivity index (χ3n) is 3.81. The largest absolute Gasteiger partial charge is 0.346 e. The van der Waals surface area contributed by atoms with Gasteiger partial charge in [0.25, 0.3) is 0 Å². The van der Waals surface area contributed by atoms with Crippen molar-refractivity contribution < 1.29 is 0 Å². The highest BCUT2D eigenvalue weighted by atomic mass is 32.1. The number of rotatable bonds is 4. The van der Waals surface area contributed by atoms with Crippen LogP contribution in [0.1, 0.15) is 64.1 Å². The van der Waals surface area contributed by atoms with Gasteiger partial charge in [-0.25, -0.2) is 4.98 Å². The second kappa shape index (κ2) is 5.41. The van der Waals surface area contributed by atoms with Gasteiger partial charge in [0.1, 0.15) is 0 Å². The average molecular weight is 281 g/mol. The Labute approximate surface area is 121 Å². The number of fused-ring (bicyclic) bond motifs is 1. The molecular weight excluding hydrogens is 254 g/mol. The Morgan fingerprint density at radius 3 is 2.74 bits per heavy atom. The normalized spacial score (nSPS) is 21.5. The Hall–Kier alpha value is -0.610. The lowest BCUT2D eigenvalue weighted by Gasteiger charge is -2.32. The maximum atomic E-state index is 6.34. The topological polar surface area (TPSA) is 42.2 Å². The second-order valence-corrected chi connectivity index (χ2v) is 7.76. The maximum Gasteiger partial charge on any atom is 0.186 e. The Morgan fingerprint density at radius 1 is 1.47 bits per heavy atom. The summed E-state index contributed by atoms with van der Waals surface area (Å²) in [7, 11) is 0. The molecule has 3 nitrogen and oxygen atoms in total. The summed E-state index contributed by atoms with van der Waals surface area (Å²) in [6, 6.07) is 0.664. The first kappa shape index (κ1) is 14.8. The van der Waals surface area contributed by atoms with Crippen LogP contribution in [0, 0.1) is 5.41 Å². The van der Waals surface area contributed by atoms with Crippen molar-refractivity contribution >= 4 is 16.5 Å². The summed E-state index contributed by atoms with van der Waals surface area (Å²) >= 11 is 1.81. The minimum Gasteiger partial charge on any atom is -0.346 e. The third kappa shape index (κ3) is 3.11. The number of nitrogens with zero attached hydrogens (tertiary/aromatic N) is 2. The predicted octanol–water partition coefficient (Wildman–Crippen LogP) is 3.74. The number of anilines is 1. The first-order valence-corrected chi connectivity index (χ1v) is 8.17. The summed E-state index contributed by atoms with van der Waals surface area (Å²) in [6.45, 7) is 12.3. The lowest BCUT2D eigenvalue weighted by atomic mass is 9.77. The van der Waals surface area contributed by atoms with E-state index in [-0.39, 0.29) is 11.5 Å². The van der Waals surface area contributed by atoms with Crippen LogP contribution in [0.2, 0.25) is 0 Å². The van der Waals surface area contributed by atoms with E-state index in [4.69, 9.17) is 10.7 Å². The molecule has 1 aromatic rings. The fourth-order valence-electron chi connectivity index (χ4n) is 2.92. The molecule has 0 amide bonds. The molecule has 0 aromatic carbocycles. The highest BCUT2D eigenvalue weighted by molar-refractivity contribution is 7.15. The molecule has 19 heavy (non-hydrogen) atoms. The van der Waals surface area contributed by atoms with E-state index in [9.17, 15) is 0 Å². The molecule has 108 valence electrons. The number of thiazole rings is 1. The Kier molecular flexibility index (Phi) is 4.21. The van der Waals surface area contributed by atoms with Crippen LogP contribution < -0.4 is 10.6 Å². The van der Waals surface area contributed by atoms with Gasteiger partial charge in [-0.05, 0) is 38.5 Å². The molecular formula is C15H27N3S. The van der Waals surface area contributed by atoms with Crippen molar-refractivity contribution in [3.8, 4) is 0 Å². The van der Waals surface area contributed by atoms with Crippen LogP contribution in [0.25, 0.3) is 0 Å². The fourth-order valence-corrected chi connectivity index (χ4v) is 4.16. The summed E-state index contributed by atoms with van der Waals surface area (Å²) in [6.07, 6.45) is 3.28. The Bertz CT molecular complexity index is 437. The number of hydrogen-bond donors (Lipinski definition) is 1. The van der Waals surface area contributed by atoms with Crippen LogP contribution in [0.15, 0.2) is 0 Å². The summed E-state index contributed by atoms with van der Waals surface area (Å²) in [5.74, 6) is 0. The van der Waals surface area contributed by atoms with Crippen molar-refractivity contribution in [2.24, 2.45) is 11.1 Å². The SMILES string of the molecule is CCCN(c1nc2c(s1)C(N)CC(C)(C)C2)C(C)C. The van der Waals surface area contributed by atoms with Gasteiger partial charge in [0.05, 0.1) is 5.69 Å². The monoisotopic (exact) mass is 281 g/mol. The molecule has 1 atom stereocenters. The molecule has 0 saturated heterocycles. The highest BCUT2D eigenvalue weighted by Crippen LogP contribution is 2.43. The van der Waals surface area contributed by atoms with Crippen molar-refractivity contribution in [1.29, 1.82) is 0 Å². The van der Waals surface area contributed by atoms with Gasteiger partial charge in [0.15, 0.2) is 5.13 Å². The van der Waals surface area contributed by atoms with E-state index in [0.717, 1.165) is 30.9 Å². The van der Waals surface area contributed by atoms with Gasteiger partial charge in [-0.2, -0.15) is 0 Å². The van der Waals surface area contributed by atoms with E-state index in [0.29, 0.717) is 6.04 Å². The van der Waals surface area contributed by atoms with E-state index < -0.39 is 0 Å². The first-order valence-electron chi connectivity index (χ1n) is 7.36. The van der Waals surface area contributed by atoms with Gasteiger partial charge in [-0.3, -0.25) is 0 Å². The molecule has 1 aromatic heterocycles. The Balaban J connectivity index is 2.31. The summed E-state index contributed by atoms with van der Waals surface area (Å²) < 4.78 is 0. The Morgan fingerprint density at radius 2 is 2.16 bits per heavy atom. The maximum absolute atomic E-state index is 6.34. The zero-order valence-corrected chi connectivity index (χ0v) is 13.7. The van der Waals surface area contributed by atoms with Gasteiger partial charge in [0, 0.05) is 23.5 Å². The zero-order valence-electron chi connectivity index (χ0n) is 12.9. The van der Waals surface area contributed by atoms with E-state index in [2.05, 4.69) is 39.5 Å². The number of aromatic nitrogens is 1. The van der Waals surface area contributed by atoms with Crippen molar-refractivity contribution in [2.75, 3.05) is 11.4 Å². The van der Waals surface area contributed by atoms with Gasteiger partial charge in [-0.15, -0.1) is 0 Å². The molecule has 0 saturated carbocycles. The van der Waals surface area contributed by atoms with Gasteiger partial charge in [-0.1, -0.05) is 32.1 Å². The quantitative estimate of drug-likeness (QED) is 0.914. The number of nitrogens with two attached hydrogens (primary N) is 1. The minimum atomic E-state index is 0.167. The zero-order chi connectivity index (χ0) is 14.2. The van der Waals surface area contributed by atoms with E-state index in [1.165, 1.54) is 10.6 Å². The molecule has 2 N–H and O–H groups in total. The van der Waals surface area contributed by atoms with E-state index >= 15 is 0 Å². The molecule has 1 aliphatic carbocycles. The van der Waals surface area contributed by atoms with Gasteiger partial charge >= 0.3 is 0 Å². The van der Waals surface area contributed by atoms with Crippen LogP contribution in [0.4, 0.5) is 5.13 Å². The third-order valence-corrected chi connectivity index (χ3v) is 5.07. The van der Waals surface area contributed by atoms with Crippen LogP contribution in [-0.2, 0) is 6.42 Å². The first-order chi connectivity index (χ1) is 8.84. The van der Waals surface area contributed by atoms with Crippen LogP contribution in [0.3, 0.4) is 0 Å². The molecule has 0 radical (unpaired) electrons. The standard InChI is InChI=1S/C15H27N3S/c1-6-7-18(10(2)3)14-17-12-9-15(4,5)8-11(16)13(12)19-14/h10-11H,6-9,16H2,1-5H3. The molecule has 1 aliphatic rings. The number of hydrogen-bond acceptors (Lipinski definition) is 4. The van der Waals surface area contributed by atoms with Crippen molar-refractivity contribution in [3.05, 3.63) is 10.6 Å². The molecule has 1 heterocycles. The molecule has 2 rings (SSSR count). The van der Waals surface area contributed by atoms with Crippen LogP contribution in [0.5, 0.6) is 0 Å². The predicted molar refractivity (Wildman–Crippen MR) is 83.9 cm³/mol. The van der Waals surface area contributed by atoms with Crippen molar-refractivity contribution in [3.63, 3.8) is 0 Å². The summed E-state index contributed by atoms with van der Waals surface area (Å²) in [5, 5.41) is 1.16. The van der Waals surface area contributed by atoms with E-state index in [1.807, 2.05) is 11.3 Å². The minimum absolute atomic E-state index is 0.167. The molecule has 1 unspecified atom stereocenters. The highest BCUT2D eigenvalue weighted by Gasteiger charge is 2.34. The van der Waals surface area contributed by atoms with Crippen LogP contribution in [-0.4, -0.2) is 17.6 Å². The fraction of sp³-hybridized carbons (Fsp3) is 0.800. The smallest absolute Gasteiger partial charge is 0.186 e. The molecule has 4 heteroatoms. The molecule has 0 aliphatic heterocycles.